The molecule has 2 aromatic carbocycles. The number of hydrogen-bond donors (Lipinski definition) is 0. The summed E-state index contributed by atoms with van der Waals surface area (Å²) < 4.78 is 6.99. The molecule has 4 rings (SSSR count). The monoisotopic (exact) mass is 395 g/mol. The number of halogens is 1. The summed E-state index contributed by atoms with van der Waals surface area (Å²) >= 11 is 6.23. The van der Waals surface area contributed by atoms with E-state index in [0.29, 0.717) is 17.1 Å². The maximum atomic E-state index is 13.1. The Kier molecular flexibility index (Phi) is 5.35. The van der Waals surface area contributed by atoms with E-state index in [1.54, 1.807) is 24.2 Å². The van der Waals surface area contributed by atoms with Crippen molar-refractivity contribution in [3.05, 3.63) is 82.6 Å². The molecule has 0 bridgehead atoms. The van der Waals surface area contributed by atoms with Crippen molar-refractivity contribution in [2.75, 3.05) is 13.7 Å². The molecule has 0 saturated carbocycles. The Morgan fingerprint density at radius 1 is 1.21 bits per heavy atom. The van der Waals surface area contributed by atoms with Gasteiger partial charge in [-0.05, 0) is 42.2 Å². The van der Waals surface area contributed by atoms with E-state index in [4.69, 9.17) is 16.3 Å². The predicted molar refractivity (Wildman–Crippen MR) is 109 cm³/mol. The SMILES string of the molecule is COc1ccc([C@@H]2CCCN2C(=O)c2cnn(Cc3ccccc3Cl)c2)cc1. The molecule has 0 unspecified atom stereocenters. The number of methoxy groups -OCH3 is 1. The van der Waals surface area contributed by atoms with Crippen molar-refractivity contribution in [1.82, 2.24) is 14.7 Å². The molecule has 0 N–H and O–H groups in total. The highest BCUT2D eigenvalue weighted by molar-refractivity contribution is 6.31. The Bertz CT molecular complexity index is 968. The fourth-order valence-electron chi connectivity index (χ4n) is 3.71. The average Bonchev–Trinajstić information content (AvgIpc) is 3.39. The lowest BCUT2D eigenvalue weighted by molar-refractivity contribution is 0.0735. The number of benzene rings is 2. The van der Waals surface area contributed by atoms with Gasteiger partial charge < -0.3 is 9.64 Å². The molecule has 5 nitrogen and oxygen atoms in total. The van der Waals surface area contributed by atoms with Crippen molar-refractivity contribution in [3.8, 4) is 5.75 Å². The number of carbonyl (C=O) groups is 1. The Labute approximate surface area is 169 Å². The Balaban J connectivity index is 1.50. The Morgan fingerprint density at radius 2 is 2.00 bits per heavy atom. The number of nitrogens with zero attached hydrogens (tertiary/aromatic N) is 3. The summed E-state index contributed by atoms with van der Waals surface area (Å²) in [6.45, 7) is 1.29. The molecule has 144 valence electrons. The van der Waals surface area contributed by atoms with Gasteiger partial charge in [-0.25, -0.2) is 0 Å². The van der Waals surface area contributed by atoms with Gasteiger partial charge in [-0.15, -0.1) is 0 Å². The second kappa shape index (κ2) is 8.07. The minimum Gasteiger partial charge on any atom is -0.497 e. The molecule has 2 heterocycles. The quantitative estimate of drug-likeness (QED) is 0.635. The molecule has 6 heteroatoms. The third-order valence-electron chi connectivity index (χ3n) is 5.18. The van der Waals surface area contributed by atoms with Crippen LogP contribution in [0, 0.1) is 0 Å². The van der Waals surface area contributed by atoms with Gasteiger partial charge in [0.05, 0.1) is 31.5 Å². The van der Waals surface area contributed by atoms with E-state index < -0.39 is 0 Å². The number of aromatic nitrogens is 2. The molecule has 1 aliphatic rings. The largest absolute Gasteiger partial charge is 0.497 e. The first-order valence-corrected chi connectivity index (χ1v) is 9.74. The minimum absolute atomic E-state index is 0.0173. The summed E-state index contributed by atoms with van der Waals surface area (Å²) in [4.78, 5) is 15.1. The molecule has 1 aromatic heterocycles. The highest BCUT2D eigenvalue weighted by atomic mass is 35.5. The second-order valence-electron chi connectivity index (χ2n) is 6.95. The second-order valence-corrected chi connectivity index (χ2v) is 7.35. The van der Waals surface area contributed by atoms with E-state index >= 15 is 0 Å². The molecule has 1 aliphatic heterocycles. The van der Waals surface area contributed by atoms with Crippen LogP contribution >= 0.6 is 11.6 Å². The van der Waals surface area contributed by atoms with E-state index in [1.165, 1.54) is 0 Å². The van der Waals surface area contributed by atoms with Crippen LogP contribution in [0.1, 0.15) is 40.4 Å². The van der Waals surface area contributed by atoms with Gasteiger partial charge >= 0.3 is 0 Å². The summed E-state index contributed by atoms with van der Waals surface area (Å²) in [6, 6.07) is 15.7. The normalized spacial score (nSPS) is 16.4. The summed E-state index contributed by atoms with van der Waals surface area (Å²) in [7, 11) is 1.65. The number of ether oxygens (including phenoxy) is 1. The zero-order valence-corrected chi connectivity index (χ0v) is 16.5. The topological polar surface area (TPSA) is 47.4 Å². The van der Waals surface area contributed by atoms with Gasteiger partial charge in [-0.1, -0.05) is 41.9 Å². The molecule has 1 fully saturated rings. The third-order valence-corrected chi connectivity index (χ3v) is 5.55. The molecule has 0 spiro atoms. The minimum atomic E-state index is 0.0173. The molecule has 1 atom stereocenters. The lowest BCUT2D eigenvalue weighted by Crippen LogP contribution is -2.30. The lowest BCUT2D eigenvalue weighted by Gasteiger charge is -2.24. The molecule has 1 saturated heterocycles. The van der Waals surface area contributed by atoms with E-state index in [1.807, 2.05) is 53.4 Å². The van der Waals surface area contributed by atoms with Gasteiger partial charge in [0, 0.05) is 17.8 Å². The summed E-state index contributed by atoms with van der Waals surface area (Å²) in [5.41, 5.74) is 2.71. The van der Waals surface area contributed by atoms with Crippen LogP contribution in [0.2, 0.25) is 5.02 Å². The van der Waals surface area contributed by atoms with Crippen molar-refractivity contribution >= 4 is 17.5 Å². The average molecular weight is 396 g/mol. The number of likely N-dealkylation sites (tertiary alicyclic amines) is 1. The van der Waals surface area contributed by atoms with Crippen molar-refractivity contribution in [2.24, 2.45) is 0 Å². The van der Waals surface area contributed by atoms with Crippen LogP contribution in [-0.2, 0) is 6.54 Å². The Morgan fingerprint density at radius 3 is 2.75 bits per heavy atom. The lowest BCUT2D eigenvalue weighted by atomic mass is 10.0. The third kappa shape index (κ3) is 3.76. The number of carbonyl (C=O) groups excluding carboxylic acids is 1. The number of amides is 1. The van der Waals surface area contributed by atoms with E-state index in [-0.39, 0.29) is 11.9 Å². The smallest absolute Gasteiger partial charge is 0.257 e. The first kappa shape index (κ1) is 18.6. The fraction of sp³-hybridized carbons (Fsp3) is 0.273. The first-order valence-electron chi connectivity index (χ1n) is 9.36. The van der Waals surface area contributed by atoms with Crippen LogP contribution in [-0.4, -0.2) is 34.2 Å². The Hall–Kier alpha value is -2.79. The molecular formula is C22H22ClN3O2. The van der Waals surface area contributed by atoms with Crippen LogP contribution < -0.4 is 4.74 Å². The predicted octanol–water partition coefficient (Wildman–Crippen LogP) is 4.57. The van der Waals surface area contributed by atoms with Crippen molar-refractivity contribution in [2.45, 2.75) is 25.4 Å². The zero-order chi connectivity index (χ0) is 19.5. The van der Waals surface area contributed by atoms with Crippen LogP contribution in [0.5, 0.6) is 5.75 Å². The van der Waals surface area contributed by atoms with E-state index in [2.05, 4.69) is 5.10 Å². The van der Waals surface area contributed by atoms with Crippen LogP contribution in [0.15, 0.2) is 60.9 Å². The zero-order valence-electron chi connectivity index (χ0n) is 15.7. The summed E-state index contributed by atoms with van der Waals surface area (Å²) in [5, 5.41) is 5.06. The van der Waals surface area contributed by atoms with Crippen LogP contribution in [0.3, 0.4) is 0 Å². The van der Waals surface area contributed by atoms with Gasteiger partial charge in [0.15, 0.2) is 0 Å². The maximum Gasteiger partial charge on any atom is 0.257 e. The molecule has 1 amide bonds. The molecular weight excluding hydrogens is 374 g/mol. The molecule has 0 aliphatic carbocycles. The van der Waals surface area contributed by atoms with Gasteiger partial charge in [-0.2, -0.15) is 5.10 Å². The maximum absolute atomic E-state index is 13.1. The number of hydrogen-bond acceptors (Lipinski definition) is 3. The van der Waals surface area contributed by atoms with Crippen LogP contribution in [0.25, 0.3) is 0 Å². The fourth-order valence-corrected chi connectivity index (χ4v) is 3.91. The standard InChI is InChI=1S/C22H22ClN3O2/c1-28-19-10-8-16(9-11-19)21-7-4-12-26(21)22(27)18-13-24-25(15-18)14-17-5-2-3-6-20(17)23/h2-3,5-6,8-11,13,15,21H,4,7,12,14H2,1H3/t21-/m0/s1. The molecule has 28 heavy (non-hydrogen) atoms. The first-order chi connectivity index (χ1) is 13.7. The van der Waals surface area contributed by atoms with E-state index in [0.717, 1.165) is 36.3 Å². The highest BCUT2D eigenvalue weighted by Gasteiger charge is 2.31. The van der Waals surface area contributed by atoms with Gasteiger partial charge in [0.2, 0.25) is 0 Å². The van der Waals surface area contributed by atoms with Gasteiger partial charge in [0.25, 0.3) is 5.91 Å². The molecule has 0 radical (unpaired) electrons. The van der Waals surface area contributed by atoms with Gasteiger partial charge in [0.1, 0.15) is 5.75 Å². The summed E-state index contributed by atoms with van der Waals surface area (Å²) in [5.74, 6) is 0.837. The van der Waals surface area contributed by atoms with E-state index in [9.17, 15) is 4.79 Å². The van der Waals surface area contributed by atoms with Gasteiger partial charge in [-0.3, -0.25) is 9.48 Å². The highest BCUT2D eigenvalue weighted by Crippen LogP contribution is 2.33. The number of rotatable bonds is 5. The summed E-state index contributed by atoms with van der Waals surface area (Å²) in [6.07, 6.45) is 5.40. The van der Waals surface area contributed by atoms with Crippen molar-refractivity contribution in [1.29, 1.82) is 0 Å². The van der Waals surface area contributed by atoms with Crippen molar-refractivity contribution in [3.63, 3.8) is 0 Å². The van der Waals surface area contributed by atoms with Crippen molar-refractivity contribution < 1.29 is 9.53 Å². The molecule has 3 aromatic rings. The van der Waals surface area contributed by atoms with Crippen LogP contribution in [0.4, 0.5) is 0 Å².